The summed E-state index contributed by atoms with van der Waals surface area (Å²) in [6.45, 7) is 2.27. The summed E-state index contributed by atoms with van der Waals surface area (Å²) < 4.78 is 1.14. The van der Waals surface area contributed by atoms with Crippen LogP contribution in [0.5, 0.6) is 0 Å². The molecule has 1 aromatic heterocycles. The van der Waals surface area contributed by atoms with Gasteiger partial charge in [-0.3, -0.25) is 14.5 Å². The number of primary amides is 1. The summed E-state index contributed by atoms with van der Waals surface area (Å²) in [6, 6.07) is 15.4. The standard InChI is InChI=1S/C20H22N4O2S2/c1-13(20-23-15-8-4-6-10-17(15)28-20)24(2)11-19(26)22-14-7-3-5-9-16(14)27-12-18(21)25/h3-10,13H,11-12H2,1-2H3,(H2,21,25)(H,22,26)/t13-/m0/s1. The molecule has 2 aromatic carbocycles. The van der Waals surface area contributed by atoms with Gasteiger partial charge in [-0.15, -0.1) is 23.1 Å². The van der Waals surface area contributed by atoms with E-state index in [1.165, 1.54) is 11.8 Å². The van der Waals surface area contributed by atoms with Crippen LogP contribution in [0.1, 0.15) is 18.0 Å². The normalized spacial score (nSPS) is 12.2. The molecule has 3 N–H and O–H groups in total. The maximum Gasteiger partial charge on any atom is 0.238 e. The Bertz CT molecular complexity index is 956. The molecule has 6 nitrogen and oxygen atoms in total. The fraction of sp³-hybridized carbons (Fsp3) is 0.250. The van der Waals surface area contributed by atoms with Crippen LogP contribution in [0.15, 0.2) is 53.4 Å². The molecule has 0 aliphatic carbocycles. The molecule has 0 radical (unpaired) electrons. The predicted octanol–water partition coefficient (Wildman–Crippen LogP) is 3.51. The second-order valence-corrected chi connectivity index (χ2v) is 8.49. The van der Waals surface area contributed by atoms with Crippen LogP contribution in [-0.4, -0.2) is 41.0 Å². The molecule has 0 saturated carbocycles. The van der Waals surface area contributed by atoms with Crippen LogP contribution in [0, 0.1) is 0 Å². The minimum atomic E-state index is -0.393. The first-order chi connectivity index (χ1) is 13.4. The number of carbonyl (C=O) groups excluding carboxylic acids is 2. The molecule has 0 aliphatic heterocycles. The van der Waals surface area contributed by atoms with E-state index in [4.69, 9.17) is 5.73 Å². The van der Waals surface area contributed by atoms with Crippen LogP contribution >= 0.6 is 23.1 Å². The molecular formula is C20H22N4O2S2. The number of carbonyl (C=O) groups is 2. The summed E-state index contributed by atoms with van der Waals surface area (Å²) in [6.07, 6.45) is 0. The Balaban J connectivity index is 1.63. The van der Waals surface area contributed by atoms with Crippen molar-refractivity contribution in [2.75, 3.05) is 24.7 Å². The van der Waals surface area contributed by atoms with Crippen molar-refractivity contribution < 1.29 is 9.59 Å². The van der Waals surface area contributed by atoms with Gasteiger partial charge in [-0.1, -0.05) is 24.3 Å². The van der Waals surface area contributed by atoms with E-state index in [-0.39, 0.29) is 24.2 Å². The summed E-state index contributed by atoms with van der Waals surface area (Å²) >= 11 is 2.96. The second-order valence-electron chi connectivity index (χ2n) is 6.41. The van der Waals surface area contributed by atoms with Gasteiger partial charge >= 0.3 is 0 Å². The third-order valence-electron chi connectivity index (χ3n) is 4.25. The maximum absolute atomic E-state index is 12.6. The second kappa shape index (κ2) is 9.18. The highest BCUT2D eigenvalue weighted by Gasteiger charge is 2.19. The number of thiazole rings is 1. The molecule has 0 unspecified atom stereocenters. The lowest BCUT2D eigenvalue weighted by atomic mass is 10.3. The number of likely N-dealkylation sites (N-methyl/N-ethyl adjacent to an activating group) is 1. The van der Waals surface area contributed by atoms with Gasteiger partial charge in [-0.05, 0) is 38.2 Å². The zero-order valence-corrected chi connectivity index (χ0v) is 17.3. The molecule has 3 aromatic rings. The highest BCUT2D eigenvalue weighted by Crippen LogP contribution is 2.29. The van der Waals surface area contributed by atoms with Crippen molar-refractivity contribution in [3.8, 4) is 0 Å². The van der Waals surface area contributed by atoms with Crippen LogP contribution in [0.4, 0.5) is 5.69 Å². The molecule has 2 amide bonds. The number of nitrogens with one attached hydrogen (secondary N) is 1. The van der Waals surface area contributed by atoms with Crippen LogP contribution in [0.3, 0.4) is 0 Å². The van der Waals surface area contributed by atoms with Gasteiger partial charge in [0.05, 0.1) is 34.2 Å². The van der Waals surface area contributed by atoms with E-state index < -0.39 is 5.91 Å². The van der Waals surface area contributed by atoms with Crippen molar-refractivity contribution in [1.82, 2.24) is 9.88 Å². The minimum Gasteiger partial charge on any atom is -0.369 e. The lowest BCUT2D eigenvalue weighted by molar-refractivity contribution is -0.117. The summed E-state index contributed by atoms with van der Waals surface area (Å²) in [5.41, 5.74) is 6.87. The van der Waals surface area contributed by atoms with Crippen molar-refractivity contribution in [3.63, 3.8) is 0 Å². The number of amides is 2. The lowest BCUT2D eigenvalue weighted by Gasteiger charge is -2.22. The minimum absolute atomic E-state index is 0.0163. The molecule has 1 heterocycles. The molecule has 0 bridgehead atoms. The predicted molar refractivity (Wildman–Crippen MR) is 116 cm³/mol. The summed E-state index contributed by atoms with van der Waals surface area (Å²) in [5, 5.41) is 3.91. The highest BCUT2D eigenvalue weighted by atomic mass is 32.2. The number of anilines is 1. The lowest BCUT2D eigenvalue weighted by Crippen LogP contribution is -2.32. The van der Waals surface area contributed by atoms with Gasteiger partial charge in [-0.2, -0.15) is 0 Å². The molecule has 0 saturated heterocycles. The SMILES string of the molecule is C[C@@H](c1nc2ccccc2s1)N(C)CC(=O)Nc1ccccc1SCC(N)=O. The molecule has 0 spiro atoms. The number of hydrogen-bond donors (Lipinski definition) is 2. The van der Waals surface area contributed by atoms with Gasteiger partial charge < -0.3 is 11.1 Å². The Morgan fingerprint density at radius 1 is 1.21 bits per heavy atom. The van der Waals surface area contributed by atoms with Gasteiger partial charge in [0.2, 0.25) is 11.8 Å². The summed E-state index contributed by atoms with van der Waals surface area (Å²) in [4.78, 5) is 31.0. The van der Waals surface area contributed by atoms with Crippen molar-refractivity contribution in [2.24, 2.45) is 5.73 Å². The van der Waals surface area contributed by atoms with E-state index in [9.17, 15) is 9.59 Å². The Morgan fingerprint density at radius 2 is 1.93 bits per heavy atom. The van der Waals surface area contributed by atoms with Gasteiger partial charge in [0.25, 0.3) is 0 Å². The zero-order valence-electron chi connectivity index (χ0n) is 15.7. The molecule has 0 fully saturated rings. The number of hydrogen-bond acceptors (Lipinski definition) is 6. The van der Waals surface area contributed by atoms with E-state index in [1.807, 2.05) is 61.3 Å². The molecule has 0 aliphatic rings. The molecular weight excluding hydrogens is 392 g/mol. The molecule has 1 atom stereocenters. The average molecular weight is 415 g/mol. The van der Waals surface area contributed by atoms with Gasteiger partial charge in [-0.25, -0.2) is 4.98 Å². The zero-order chi connectivity index (χ0) is 20.1. The van der Waals surface area contributed by atoms with E-state index in [1.54, 1.807) is 11.3 Å². The van der Waals surface area contributed by atoms with E-state index in [0.29, 0.717) is 5.69 Å². The summed E-state index contributed by atoms with van der Waals surface area (Å²) in [7, 11) is 1.91. The number of fused-ring (bicyclic) bond motifs is 1. The van der Waals surface area contributed by atoms with Crippen molar-refractivity contribution in [3.05, 3.63) is 53.5 Å². The van der Waals surface area contributed by atoms with Gasteiger partial charge in [0.15, 0.2) is 0 Å². The third-order valence-corrected chi connectivity index (χ3v) is 6.56. The molecule has 3 rings (SSSR count). The van der Waals surface area contributed by atoms with Gasteiger partial charge in [0, 0.05) is 4.90 Å². The summed E-state index contributed by atoms with van der Waals surface area (Å²) in [5.74, 6) is -0.348. The first kappa shape index (κ1) is 20.3. The Morgan fingerprint density at radius 3 is 2.68 bits per heavy atom. The Kier molecular flexibility index (Phi) is 6.66. The number of aromatic nitrogens is 1. The third kappa shape index (κ3) is 5.09. The van der Waals surface area contributed by atoms with Crippen LogP contribution in [-0.2, 0) is 9.59 Å². The monoisotopic (exact) mass is 414 g/mol. The fourth-order valence-electron chi connectivity index (χ4n) is 2.66. The number of nitrogens with zero attached hydrogens (tertiary/aromatic N) is 2. The van der Waals surface area contributed by atoms with E-state index >= 15 is 0 Å². The van der Waals surface area contributed by atoms with Gasteiger partial charge in [0.1, 0.15) is 5.01 Å². The molecule has 28 heavy (non-hydrogen) atoms. The number of para-hydroxylation sites is 2. The fourth-order valence-corrected chi connectivity index (χ4v) is 4.49. The Labute approximate surface area is 172 Å². The van der Waals surface area contributed by atoms with E-state index in [0.717, 1.165) is 20.1 Å². The number of thioether (sulfide) groups is 1. The maximum atomic E-state index is 12.6. The number of rotatable bonds is 8. The van der Waals surface area contributed by atoms with Crippen LogP contribution in [0.2, 0.25) is 0 Å². The first-order valence-electron chi connectivity index (χ1n) is 8.79. The van der Waals surface area contributed by atoms with Crippen LogP contribution < -0.4 is 11.1 Å². The van der Waals surface area contributed by atoms with Crippen molar-refractivity contribution in [1.29, 1.82) is 0 Å². The van der Waals surface area contributed by atoms with Crippen molar-refractivity contribution >= 4 is 50.8 Å². The Hall–Kier alpha value is -2.42. The average Bonchev–Trinajstić information content (AvgIpc) is 3.10. The largest absolute Gasteiger partial charge is 0.369 e. The molecule has 146 valence electrons. The van der Waals surface area contributed by atoms with Crippen molar-refractivity contribution in [2.45, 2.75) is 17.9 Å². The smallest absolute Gasteiger partial charge is 0.238 e. The topological polar surface area (TPSA) is 88.3 Å². The molecule has 8 heteroatoms. The first-order valence-corrected chi connectivity index (χ1v) is 10.6. The quantitative estimate of drug-likeness (QED) is 0.551. The van der Waals surface area contributed by atoms with Crippen LogP contribution in [0.25, 0.3) is 10.2 Å². The number of nitrogens with two attached hydrogens (primary N) is 1. The highest BCUT2D eigenvalue weighted by molar-refractivity contribution is 8.00. The van der Waals surface area contributed by atoms with E-state index in [2.05, 4.69) is 16.4 Å². The number of benzene rings is 2.